The van der Waals surface area contributed by atoms with E-state index in [1.165, 1.54) is 0 Å². The third-order valence-corrected chi connectivity index (χ3v) is 7.00. The number of carbonyl (C=O) groups excluding carboxylic acids is 1. The summed E-state index contributed by atoms with van der Waals surface area (Å²) in [6, 6.07) is 0.896. The highest BCUT2D eigenvalue weighted by Crippen LogP contribution is 2.28. The van der Waals surface area contributed by atoms with Crippen molar-refractivity contribution in [1.29, 1.82) is 0 Å². The van der Waals surface area contributed by atoms with Crippen molar-refractivity contribution in [3.63, 3.8) is 0 Å². The Morgan fingerprint density at radius 2 is 1.50 bits per heavy atom. The van der Waals surface area contributed by atoms with Gasteiger partial charge in [0.15, 0.2) is 0 Å². The molecule has 0 aromatic heterocycles. The Balaban J connectivity index is 2.38. The molecule has 5 heteroatoms. The van der Waals surface area contributed by atoms with Crippen molar-refractivity contribution in [1.82, 2.24) is 0 Å². The van der Waals surface area contributed by atoms with Crippen molar-refractivity contribution in [2.75, 3.05) is 19.8 Å². The normalized spacial score (nSPS) is 17.6. The molecule has 0 saturated heterocycles. The van der Waals surface area contributed by atoms with E-state index in [1.807, 2.05) is 20.8 Å². The topological polar surface area (TPSA) is 44.8 Å². The van der Waals surface area contributed by atoms with E-state index in [9.17, 15) is 4.79 Å². The minimum Gasteiger partial charge on any atom is -0.374 e. The first kappa shape index (κ1) is 17.8. The molecule has 0 amide bonds. The second kappa shape index (κ2) is 9.66. The van der Waals surface area contributed by atoms with E-state index >= 15 is 0 Å². The summed E-state index contributed by atoms with van der Waals surface area (Å²) < 4.78 is 17.6. The maximum atomic E-state index is 11.2. The summed E-state index contributed by atoms with van der Waals surface area (Å²) in [5, 5.41) is 0. The smallest absolute Gasteiger partial charge is 0.374 e. The summed E-state index contributed by atoms with van der Waals surface area (Å²) in [7, 11) is -2.46. The maximum absolute atomic E-state index is 11.2. The molecule has 0 aromatic carbocycles. The van der Waals surface area contributed by atoms with Gasteiger partial charge in [0.05, 0.1) is 0 Å². The van der Waals surface area contributed by atoms with Gasteiger partial charge in [-0.3, -0.25) is 4.79 Å². The van der Waals surface area contributed by atoms with Gasteiger partial charge in [-0.2, -0.15) is 0 Å². The van der Waals surface area contributed by atoms with Crippen LogP contribution in [0.5, 0.6) is 0 Å². The van der Waals surface area contributed by atoms with Crippen molar-refractivity contribution in [2.45, 2.75) is 65.3 Å². The van der Waals surface area contributed by atoms with Crippen LogP contribution in [0.1, 0.15) is 59.3 Å². The molecule has 118 valence electrons. The van der Waals surface area contributed by atoms with Crippen LogP contribution in [0, 0.1) is 5.92 Å². The van der Waals surface area contributed by atoms with Crippen LogP contribution in [0.3, 0.4) is 0 Å². The molecule has 0 radical (unpaired) electrons. The Hall–Kier alpha value is -0.233. The second-order valence-electron chi connectivity index (χ2n) is 5.36. The van der Waals surface area contributed by atoms with Crippen LogP contribution in [-0.2, 0) is 18.1 Å². The van der Waals surface area contributed by atoms with E-state index < -0.39 is 8.80 Å². The Bertz CT molecular complexity index is 256. The maximum Gasteiger partial charge on any atom is 0.500 e. The van der Waals surface area contributed by atoms with Gasteiger partial charge in [-0.15, -0.1) is 0 Å². The first-order valence-electron chi connectivity index (χ1n) is 8.09. The summed E-state index contributed by atoms with van der Waals surface area (Å²) in [6.07, 6.45) is 5.90. The number of ketones is 1. The molecule has 1 rings (SSSR count). The van der Waals surface area contributed by atoms with Crippen molar-refractivity contribution in [3.8, 4) is 0 Å². The molecular formula is C15H30O4Si. The molecule has 4 nitrogen and oxygen atoms in total. The van der Waals surface area contributed by atoms with Gasteiger partial charge >= 0.3 is 8.80 Å². The summed E-state index contributed by atoms with van der Waals surface area (Å²) in [6.45, 7) is 7.91. The number of rotatable bonds is 10. The third kappa shape index (κ3) is 6.04. The monoisotopic (exact) mass is 302 g/mol. The SMILES string of the molecule is CCO[Si](CCCC1CCC(=O)CC1)(OCC)OCC. The van der Waals surface area contributed by atoms with Crippen molar-refractivity contribution in [2.24, 2.45) is 5.92 Å². The molecule has 0 N–H and O–H groups in total. The van der Waals surface area contributed by atoms with Gasteiger partial charge in [0.2, 0.25) is 0 Å². The number of hydrogen-bond acceptors (Lipinski definition) is 4. The molecule has 0 atom stereocenters. The fourth-order valence-corrected chi connectivity index (χ4v) is 5.54. The molecule has 0 aromatic rings. The van der Waals surface area contributed by atoms with Crippen LogP contribution in [0.2, 0.25) is 6.04 Å². The lowest BCUT2D eigenvalue weighted by atomic mass is 9.86. The number of Topliss-reactive ketones (excluding diaryl/α,β-unsaturated/α-hetero) is 1. The Morgan fingerprint density at radius 1 is 1.00 bits per heavy atom. The lowest BCUT2D eigenvalue weighted by molar-refractivity contribution is -0.121. The predicted octanol–water partition coefficient (Wildman–Crippen LogP) is 3.57. The highest BCUT2D eigenvalue weighted by molar-refractivity contribution is 6.60. The zero-order valence-corrected chi connectivity index (χ0v) is 14.3. The van der Waals surface area contributed by atoms with E-state index in [1.54, 1.807) is 0 Å². The van der Waals surface area contributed by atoms with E-state index in [0.29, 0.717) is 31.5 Å². The Morgan fingerprint density at radius 3 is 1.95 bits per heavy atom. The Kier molecular flexibility index (Phi) is 8.60. The van der Waals surface area contributed by atoms with E-state index in [2.05, 4.69) is 0 Å². The summed E-state index contributed by atoms with van der Waals surface area (Å²) in [5.41, 5.74) is 0. The molecule has 1 aliphatic carbocycles. The van der Waals surface area contributed by atoms with E-state index in [4.69, 9.17) is 13.3 Å². The van der Waals surface area contributed by atoms with E-state index in [0.717, 1.165) is 44.6 Å². The van der Waals surface area contributed by atoms with Gasteiger partial charge in [-0.05, 0) is 46.0 Å². The lowest BCUT2D eigenvalue weighted by Gasteiger charge is -2.29. The standard InChI is InChI=1S/C15H30O4Si/c1-4-17-20(18-5-2,19-6-3)13-7-8-14-9-11-15(16)12-10-14/h14H,4-13H2,1-3H3. The molecule has 20 heavy (non-hydrogen) atoms. The summed E-state index contributed by atoms with van der Waals surface area (Å²) >= 11 is 0. The van der Waals surface area contributed by atoms with Gasteiger partial charge in [0, 0.05) is 38.7 Å². The van der Waals surface area contributed by atoms with Crippen molar-refractivity contribution in [3.05, 3.63) is 0 Å². The largest absolute Gasteiger partial charge is 0.500 e. The fraction of sp³-hybridized carbons (Fsp3) is 0.933. The molecular weight excluding hydrogens is 272 g/mol. The first-order valence-corrected chi connectivity index (χ1v) is 10.0. The van der Waals surface area contributed by atoms with Gasteiger partial charge in [-0.1, -0.05) is 6.42 Å². The van der Waals surface area contributed by atoms with Crippen LogP contribution < -0.4 is 0 Å². The minimum absolute atomic E-state index is 0.433. The third-order valence-electron chi connectivity index (χ3n) is 3.85. The first-order chi connectivity index (χ1) is 9.65. The van der Waals surface area contributed by atoms with Crippen LogP contribution in [0.15, 0.2) is 0 Å². The molecule has 1 saturated carbocycles. The van der Waals surface area contributed by atoms with Crippen LogP contribution in [-0.4, -0.2) is 34.4 Å². The second-order valence-corrected chi connectivity index (χ2v) is 8.09. The van der Waals surface area contributed by atoms with Crippen LogP contribution in [0.4, 0.5) is 0 Å². The number of hydrogen-bond donors (Lipinski definition) is 0. The molecule has 0 bridgehead atoms. The van der Waals surface area contributed by atoms with Crippen LogP contribution in [0.25, 0.3) is 0 Å². The Labute approximate surface area is 124 Å². The molecule has 1 fully saturated rings. The number of carbonyl (C=O) groups is 1. The molecule has 1 aliphatic rings. The quantitative estimate of drug-likeness (QED) is 0.579. The molecule has 0 aliphatic heterocycles. The zero-order chi connectivity index (χ0) is 14.8. The van der Waals surface area contributed by atoms with Gasteiger partial charge < -0.3 is 13.3 Å². The highest BCUT2D eigenvalue weighted by Gasteiger charge is 2.39. The summed E-state index contributed by atoms with van der Waals surface area (Å²) in [4.78, 5) is 11.2. The van der Waals surface area contributed by atoms with Crippen molar-refractivity contribution >= 4 is 14.6 Å². The van der Waals surface area contributed by atoms with Gasteiger partial charge in [0.25, 0.3) is 0 Å². The fourth-order valence-electron chi connectivity index (χ4n) is 2.90. The summed E-state index contributed by atoms with van der Waals surface area (Å²) in [5.74, 6) is 1.13. The highest BCUT2D eigenvalue weighted by atomic mass is 28.4. The lowest BCUT2D eigenvalue weighted by Crippen LogP contribution is -2.46. The predicted molar refractivity (Wildman–Crippen MR) is 81.6 cm³/mol. The molecule has 0 unspecified atom stereocenters. The average molecular weight is 302 g/mol. The zero-order valence-electron chi connectivity index (χ0n) is 13.3. The van der Waals surface area contributed by atoms with Crippen LogP contribution >= 0.6 is 0 Å². The van der Waals surface area contributed by atoms with E-state index in [-0.39, 0.29) is 0 Å². The van der Waals surface area contributed by atoms with Crippen molar-refractivity contribution < 1.29 is 18.1 Å². The average Bonchev–Trinajstić information content (AvgIpc) is 2.42. The minimum atomic E-state index is -2.46. The van der Waals surface area contributed by atoms with Gasteiger partial charge in [0.1, 0.15) is 5.78 Å². The molecule has 0 spiro atoms. The van der Waals surface area contributed by atoms with Gasteiger partial charge in [-0.25, -0.2) is 0 Å². The molecule has 0 heterocycles.